The lowest BCUT2D eigenvalue weighted by Crippen LogP contribution is -2.40. The molecular weight excluding hydrogens is 360 g/mol. The number of carbonyl (C=O) groups excluding carboxylic acids is 2. The van der Waals surface area contributed by atoms with Gasteiger partial charge in [0.15, 0.2) is 0 Å². The van der Waals surface area contributed by atoms with Crippen molar-refractivity contribution in [3.63, 3.8) is 0 Å². The zero-order valence-electron chi connectivity index (χ0n) is 15.3. The Kier molecular flexibility index (Phi) is 5.03. The molecular formula is C20H22N4O4. The van der Waals surface area contributed by atoms with Crippen molar-refractivity contribution in [1.82, 2.24) is 10.2 Å². The second-order valence-corrected chi connectivity index (χ2v) is 6.77. The minimum Gasteiger partial charge on any atom is -0.493 e. The summed E-state index contributed by atoms with van der Waals surface area (Å²) < 4.78 is 5.62. The Morgan fingerprint density at radius 2 is 2.14 bits per heavy atom. The van der Waals surface area contributed by atoms with E-state index in [1.54, 1.807) is 12.1 Å². The van der Waals surface area contributed by atoms with Crippen LogP contribution in [0.2, 0.25) is 0 Å². The molecule has 8 heteroatoms. The lowest BCUT2D eigenvalue weighted by Gasteiger charge is -2.29. The molecule has 146 valence electrons. The van der Waals surface area contributed by atoms with Crippen LogP contribution in [0, 0.1) is 0 Å². The third kappa shape index (κ3) is 3.72. The van der Waals surface area contributed by atoms with Crippen molar-refractivity contribution in [2.24, 2.45) is 0 Å². The van der Waals surface area contributed by atoms with E-state index in [0.29, 0.717) is 30.9 Å². The van der Waals surface area contributed by atoms with Crippen molar-refractivity contribution < 1.29 is 19.4 Å². The predicted octanol–water partition coefficient (Wildman–Crippen LogP) is 2.67. The molecule has 2 aromatic carbocycles. The van der Waals surface area contributed by atoms with Crippen LogP contribution in [0.15, 0.2) is 42.5 Å². The molecule has 2 aliphatic rings. The normalized spacial score (nSPS) is 17.7. The Bertz CT molecular complexity index is 902. The Labute approximate surface area is 162 Å². The molecule has 4 amide bonds. The summed E-state index contributed by atoms with van der Waals surface area (Å²) in [4.78, 5) is 26.1. The first-order chi connectivity index (χ1) is 13.6. The molecule has 0 spiro atoms. The molecule has 0 aromatic heterocycles. The Morgan fingerprint density at radius 1 is 1.29 bits per heavy atom. The Balaban J connectivity index is 1.42. The summed E-state index contributed by atoms with van der Waals surface area (Å²) in [5, 5.41) is 17.6. The van der Waals surface area contributed by atoms with E-state index in [1.807, 2.05) is 30.3 Å². The number of aliphatic hydroxyl groups is 1. The number of carbonyl (C=O) groups is 2. The number of urea groups is 2. The highest BCUT2D eigenvalue weighted by Crippen LogP contribution is 2.32. The number of para-hydroxylation sites is 1. The summed E-state index contributed by atoms with van der Waals surface area (Å²) in [5.41, 5.74) is 3.14. The Hall–Kier alpha value is -3.26. The van der Waals surface area contributed by atoms with Crippen molar-refractivity contribution in [3.05, 3.63) is 53.6 Å². The van der Waals surface area contributed by atoms with Gasteiger partial charge in [-0.15, -0.1) is 0 Å². The van der Waals surface area contributed by atoms with Crippen LogP contribution in [0.4, 0.5) is 21.0 Å². The molecule has 2 heterocycles. The SMILES string of the molecule is O=C(Nc1ccc2c(c1)NC(=O)N(CCO)C2)N[C@@H]1CCOc2ccccc21. The van der Waals surface area contributed by atoms with E-state index in [1.165, 1.54) is 4.90 Å². The van der Waals surface area contributed by atoms with Crippen molar-refractivity contribution >= 4 is 23.4 Å². The lowest BCUT2D eigenvalue weighted by atomic mass is 10.0. The molecule has 2 aromatic rings. The lowest BCUT2D eigenvalue weighted by molar-refractivity contribution is 0.183. The molecule has 8 nitrogen and oxygen atoms in total. The quantitative estimate of drug-likeness (QED) is 0.653. The van der Waals surface area contributed by atoms with Gasteiger partial charge in [-0.25, -0.2) is 9.59 Å². The average Bonchev–Trinajstić information content (AvgIpc) is 2.69. The molecule has 0 saturated carbocycles. The summed E-state index contributed by atoms with van der Waals surface area (Å²) in [6, 6.07) is 12.4. The fourth-order valence-corrected chi connectivity index (χ4v) is 3.50. The fraction of sp³-hybridized carbons (Fsp3) is 0.300. The summed E-state index contributed by atoms with van der Waals surface area (Å²) in [6.45, 7) is 1.17. The monoisotopic (exact) mass is 382 g/mol. The number of rotatable bonds is 4. The van der Waals surface area contributed by atoms with Crippen LogP contribution in [0.25, 0.3) is 0 Å². The second kappa shape index (κ2) is 7.77. The van der Waals surface area contributed by atoms with Crippen molar-refractivity contribution in [2.45, 2.75) is 19.0 Å². The van der Waals surface area contributed by atoms with Gasteiger partial charge in [-0.3, -0.25) is 0 Å². The number of anilines is 2. The molecule has 4 N–H and O–H groups in total. The van der Waals surface area contributed by atoms with Crippen LogP contribution < -0.4 is 20.7 Å². The smallest absolute Gasteiger partial charge is 0.322 e. The molecule has 28 heavy (non-hydrogen) atoms. The van der Waals surface area contributed by atoms with Crippen molar-refractivity contribution in [3.8, 4) is 5.75 Å². The average molecular weight is 382 g/mol. The van der Waals surface area contributed by atoms with E-state index >= 15 is 0 Å². The minimum absolute atomic E-state index is 0.0854. The maximum atomic E-state index is 12.5. The largest absolute Gasteiger partial charge is 0.493 e. The number of fused-ring (bicyclic) bond motifs is 2. The van der Waals surface area contributed by atoms with Gasteiger partial charge in [-0.2, -0.15) is 0 Å². The maximum absolute atomic E-state index is 12.5. The number of hydrogen-bond acceptors (Lipinski definition) is 4. The summed E-state index contributed by atoms with van der Waals surface area (Å²) in [6.07, 6.45) is 0.700. The van der Waals surface area contributed by atoms with E-state index in [9.17, 15) is 9.59 Å². The number of hydrogen-bond donors (Lipinski definition) is 4. The van der Waals surface area contributed by atoms with Crippen molar-refractivity contribution in [1.29, 1.82) is 0 Å². The van der Waals surface area contributed by atoms with Gasteiger partial charge in [0, 0.05) is 36.4 Å². The third-order valence-electron chi connectivity index (χ3n) is 4.89. The van der Waals surface area contributed by atoms with Crippen LogP contribution in [0.5, 0.6) is 5.75 Å². The molecule has 1 atom stereocenters. The summed E-state index contributed by atoms with van der Waals surface area (Å²) >= 11 is 0. The fourth-order valence-electron chi connectivity index (χ4n) is 3.50. The van der Waals surface area contributed by atoms with Gasteiger partial charge >= 0.3 is 12.1 Å². The zero-order valence-corrected chi connectivity index (χ0v) is 15.3. The van der Waals surface area contributed by atoms with Gasteiger partial charge in [0.05, 0.1) is 19.3 Å². The highest BCUT2D eigenvalue weighted by molar-refractivity contribution is 5.95. The van der Waals surface area contributed by atoms with Crippen LogP contribution in [-0.4, -0.2) is 41.8 Å². The first-order valence-electron chi connectivity index (χ1n) is 9.23. The standard InChI is InChI=1S/C20H22N4O4/c25-9-8-24-12-13-5-6-14(11-17(13)23-20(24)27)21-19(26)22-16-7-10-28-18-4-2-1-3-15(16)18/h1-6,11,16,25H,7-10,12H2,(H,23,27)(H2,21,22,26)/t16-/m1/s1. The van der Waals surface area contributed by atoms with E-state index in [4.69, 9.17) is 9.84 Å². The molecule has 0 fully saturated rings. The molecule has 0 unspecified atom stereocenters. The number of nitrogens with one attached hydrogen (secondary N) is 3. The van der Waals surface area contributed by atoms with Crippen LogP contribution in [0.1, 0.15) is 23.6 Å². The third-order valence-corrected chi connectivity index (χ3v) is 4.89. The zero-order chi connectivity index (χ0) is 19.5. The van der Waals surface area contributed by atoms with Crippen LogP contribution in [-0.2, 0) is 6.54 Å². The van der Waals surface area contributed by atoms with Gasteiger partial charge in [0.2, 0.25) is 0 Å². The number of nitrogens with zero attached hydrogens (tertiary/aromatic N) is 1. The van der Waals surface area contributed by atoms with Gasteiger partial charge in [-0.05, 0) is 23.8 Å². The number of β-amino-alcohol motifs (C(OH)–C–C–N with tert-alkyl or cyclic N) is 1. The minimum atomic E-state index is -0.314. The number of ether oxygens (including phenoxy) is 1. The highest BCUT2D eigenvalue weighted by atomic mass is 16.5. The predicted molar refractivity (Wildman–Crippen MR) is 104 cm³/mol. The first-order valence-corrected chi connectivity index (χ1v) is 9.23. The van der Waals surface area contributed by atoms with Gasteiger partial charge in [0.25, 0.3) is 0 Å². The Morgan fingerprint density at radius 3 is 3.00 bits per heavy atom. The van der Waals surface area contributed by atoms with Gasteiger partial charge in [0.1, 0.15) is 5.75 Å². The molecule has 0 saturated heterocycles. The molecule has 0 aliphatic carbocycles. The van der Waals surface area contributed by atoms with Gasteiger partial charge in [-0.1, -0.05) is 24.3 Å². The molecule has 0 bridgehead atoms. The summed E-state index contributed by atoms with van der Waals surface area (Å²) in [7, 11) is 0. The van der Waals surface area contributed by atoms with Gasteiger partial charge < -0.3 is 30.7 Å². The molecule has 0 radical (unpaired) electrons. The summed E-state index contributed by atoms with van der Waals surface area (Å²) in [5.74, 6) is 0.794. The van der Waals surface area contributed by atoms with Crippen LogP contribution in [0.3, 0.4) is 0 Å². The topological polar surface area (TPSA) is 103 Å². The maximum Gasteiger partial charge on any atom is 0.322 e. The first kappa shape index (κ1) is 18.1. The number of aliphatic hydroxyl groups excluding tert-OH is 1. The van der Waals surface area contributed by atoms with E-state index in [0.717, 1.165) is 16.9 Å². The highest BCUT2D eigenvalue weighted by Gasteiger charge is 2.24. The molecule has 4 rings (SSSR count). The van der Waals surface area contributed by atoms with E-state index < -0.39 is 0 Å². The van der Waals surface area contributed by atoms with Crippen molar-refractivity contribution in [2.75, 3.05) is 30.4 Å². The van der Waals surface area contributed by atoms with E-state index in [-0.39, 0.29) is 31.3 Å². The van der Waals surface area contributed by atoms with E-state index in [2.05, 4.69) is 16.0 Å². The van der Waals surface area contributed by atoms with Crippen LogP contribution >= 0.6 is 0 Å². The number of amides is 4. The molecule has 2 aliphatic heterocycles. The second-order valence-electron chi connectivity index (χ2n) is 6.77. The number of benzene rings is 2.